The van der Waals surface area contributed by atoms with Gasteiger partial charge < -0.3 is 10.1 Å². The Morgan fingerprint density at radius 1 is 1.29 bits per heavy atom. The monoisotopic (exact) mass is 232 g/mol. The van der Waals surface area contributed by atoms with Crippen LogP contribution in [0.2, 0.25) is 0 Å². The van der Waals surface area contributed by atoms with Crippen LogP contribution in [-0.4, -0.2) is 21.9 Å². The van der Waals surface area contributed by atoms with Crippen LogP contribution in [0.3, 0.4) is 0 Å². The van der Waals surface area contributed by atoms with E-state index in [2.05, 4.69) is 15.4 Å². The molecule has 0 saturated heterocycles. The summed E-state index contributed by atoms with van der Waals surface area (Å²) in [6.45, 7) is 1.44. The summed E-state index contributed by atoms with van der Waals surface area (Å²) in [5.41, 5.74) is 1.14. The van der Waals surface area contributed by atoms with Crippen molar-refractivity contribution in [3.63, 3.8) is 0 Å². The highest BCUT2D eigenvalue weighted by molar-refractivity contribution is 5.32. The summed E-state index contributed by atoms with van der Waals surface area (Å²) in [6, 6.07) is 7.97. The molecule has 1 N–H and O–H groups in total. The Labute approximate surface area is 100 Å². The lowest BCUT2D eigenvalue weighted by Crippen LogP contribution is -2.16. The van der Waals surface area contributed by atoms with Crippen LogP contribution in [0.1, 0.15) is 11.4 Å². The third kappa shape index (κ3) is 2.82. The van der Waals surface area contributed by atoms with E-state index in [1.54, 1.807) is 18.1 Å². The van der Waals surface area contributed by atoms with Gasteiger partial charge in [0.2, 0.25) is 0 Å². The van der Waals surface area contributed by atoms with Crippen molar-refractivity contribution in [1.29, 1.82) is 0 Å². The highest BCUT2D eigenvalue weighted by Crippen LogP contribution is 2.16. The third-order valence-electron chi connectivity index (χ3n) is 2.60. The standard InChI is InChI=1S/C12H16N4O/c1-16-12(14-9-15-16)8-13-7-10-5-3-4-6-11(10)17-2/h3-6,9,13H,7-8H2,1-2H3. The van der Waals surface area contributed by atoms with Crippen LogP contribution in [0.15, 0.2) is 30.6 Å². The van der Waals surface area contributed by atoms with E-state index in [1.165, 1.54) is 0 Å². The van der Waals surface area contributed by atoms with E-state index in [-0.39, 0.29) is 0 Å². The van der Waals surface area contributed by atoms with Crippen LogP contribution in [0.5, 0.6) is 5.75 Å². The minimum absolute atomic E-state index is 0.689. The number of hydrogen-bond acceptors (Lipinski definition) is 4. The molecule has 0 fully saturated rings. The second-order valence-corrected chi connectivity index (χ2v) is 3.72. The van der Waals surface area contributed by atoms with Crippen molar-refractivity contribution >= 4 is 0 Å². The van der Waals surface area contributed by atoms with E-state index < -0.39 is 0 Å². The van der Waals surface area contributed by atoms with E-state index in [4.69, 9.17) is 4.74 Å². The zero-order valence-electron chi connectivity index (χ0n) is 10.1. The summed E-state index contributed by atoms with van der Waals surface area (Å²) in [7, 11) is 3.56. The maximum absolute atomic E-state index is 5.28. The fraction of sp³-hybridized carbons (Fsp3) is 0.333. The molecule has 1 heterocycles. The molecule has 5 nitrogen and oxygen atoms in total. The van der Waals surface area contributed by atoms with Gasteiger partial charge in [-0.25, -0.2) is 4.98 Å². The first-order valence-electron chi connectivity index (χ1n) is 5.46. The first kappa shape index (κ1) is 11.6. The zero-order chi connectivity index (χ0) is 12.1. The first-order chi connectivity index (χ1) is 8.31. The number of nitrogens with one attached hydrogen (secondary N) is 1. The Morgan fingerprint density at radius 3 is 2.82 bits per heavy atom. The predicted octanol–water partition coefficient (Wildman–Crippen LogP) is 1.11. The molecule has 0 spiro atoms. The van der Waals surface area contributed by atoms with Gasteiger partial charge >= 0.3 is 0 Å². The van der Waals surface area contributed by atoms with Gasteiger partial charge in [-0.05, 0) is 6.07 Å². The average molecular weight is 232 g/mol. The SMILES string of the molecule is COc1ccccc1CNCc1ncnn1C. The molecule has 0 unspecified atom stereocenters. The summed E-state index contributed by atoms with van der Waals surface area (Å²) in [5, 5.41) is 7.33. The van der Waals surface area contributed by atoms with Crippen molar-refractivity contribution in [2.45, 2.75) is 13.1 Å². The van der Waals surface area contributed by atoms with E-state index in [9.17, 15) is 0 Å². The molecule has 0 amide bonds. The summed E-state index contributed by atoms with van der Waals surface area (Å²) in [4.78, 5) is 4.15. The molecule has 0 aliphatic rings. The van der Waals surface area contributed by atoms with Gasteiger partial charge in [0, 0.05) is 19.2 Å². The maximum Gasteiger partial charge on any atom is 0.140 e. The predicted molar refractivity (Wildman–Crippen MR) is 64.5 cm³/mol. The van der Waals surface area contributed by atoms with E-state index in [1.807, 2.05) is 31.3 Å². The number of ether oxygens (including phenoxy) is 1. The van der Waals surface area contributed by atoms with Crippen molar-refractivity contribution < 1.29 is 4.74 Å². The Bertz CT molecular complexity index is 481. The van der Waals surface area contributed by atoms with Crippen molar-refractivity contribution in [2.75, 3.05) is 7.11 Å². The summed E-state index contributed by atoms with van der Waals surface area (Å²) in [6.07, 6.45) is 1.56. The smallest absolute Gasteiger partial charge is 0.140 e. The highest BCUT2D eigenvalue weighted by atomic mass is 16.5. The second kappa shape index (κ2) is 5.45. The molecule has 0 saturated carbocycles. The Balaban J connectivity index is 1.92. The van der Waals surface area contributed by atoms with Crippen LogP contribution >= 0.6 is 0 Å². The number of benzene rings is 1. The summed E-state index contributed by atoms with van der Waals surface area (Å²) < 4.78 is 7.04. The van der Waals surface area contributed by atoms with E-state index >= 15 is 0 Å². The second-order valence-electron chi connectivity index (χ2n) is 3.72. The molecule has 0 bridgehead atoms. The zero-order valence-corrected chi connectivity index (χ0v) is 10.1. The number of rotatable bonds is 5. The fourth-order valence-corrected chi connectivity index (χ4v) is 1.64. The van der Waals surface area contributed by atoms with Crippen LogP contribution in [0, 0.1) is 0 Å². The average Bonchev–Trinajstić information content (AvgIpc) is 2.76. The molecular weight excluding hydrogens is 216 g/mol. The number of hydrogen-bond donors (Lipinski definition) is 1. The van der Waals surface area contributed by atoms with Crippen molar-refractivity contribution in [3.05, 3.63) is 42.0 Å². The van der Waals surface area contributed by atoms with Gasteiger partial charge in [0.25, 0.3) is 0 Å². The van der Waals surface area contributed by atoms with Crippen molar-refractivity contribution in [3.8, 4) is 5.75 Å². The molecule has 0 atom stereocenters. The van der Waals surface area contributed by atoms with Gasteiger partial charge in [-0.3, -0.25) is 4.68 Å². The van der Waals surface area contributed by atoms with Gasteiger partial charge in [0.15, 0.2) is 0 Å². The molecule has 0 radical (unpaired) electrons. The van der Waals surface area contributed by atoms with Crippen LogP contribution < -0.4 is 10.1 Å². The summed E-state index contributed by atoms with van der Waals surface area (Å²) >= 11 is 0. The van der Waals surface area contributed by atoms with Gasteiger partial charge in [0.05, 0.1) is 13.7 Å². The number of nitrogens with zero attached hydrogens (tertiary/aromatic N) is 3. The van der Waals surface area contributed by atoms with Gasteiger partial charge in [-0.2, -0.15) is 5.10 Å². The molecule has 0 aliphatic heterocycles. The third-order valence-corrected chi connectivity index (χ3v) is 2.60. The van der Waals surface area contributed by atoms with Crippen LogP contribution in [-0.2, 0) is 20.1 Å². The lowest BCUT2D eigenvalue weighted by Gasteiger charge is -2.08. The Kier molecular flexibility index (Phi) is 3.72. The van der Waals surface area contributed by atoms with Gasteiger partial charge in [-0.15, -0.1) is 0 Å². The van der Waals surface area contributed by atoms with Gasteiger partial charge in [-0.1, -0.05) is 18.2 Å². The van der Waals surface area contributed by atoms with E-state index in [0.29, 0.717) is 6.54 Å². The number of methoxy groups -OCH3 is 1. The molecule has 1 aromatic carbocycles. The molecule has 1 aromatic heterocycles. The van der Waals surface area contributed by atoms with Crippen molar-refractivity contribution in [2.24, 2.45) is 7.05 Å². The lowest BCUT2D eigenvalue weighted by molar-refractivity contribution is 0.407. The molecule has 2 aromatic rings. The molecule has 90 valence electrons. The van der Waals surface area contributed by atoms with Crippen molar-refractivity contribution in [1.82, 2.24) is 20.1 Å². The lowest BCUT2D eigenvalue weighted by atomic mass is 10.2. The molecule has 0 aliphatic carbocycles. The number of aryl methyl sites for hydroxylation is 1. The quantitative estimate of drug-likeness (QED) is 0.839. The number of aromatic nitrogens is 3. The van der Waals surface area contributed by atoms with Gasteiger partial charge in [0.1, 0.15) is 17.9 Å². The van der Waals surface area contributed by atoms with Crippen LogP contribution in [0.25, 0.3) is 0 Å². The molecule has 17 heavy (non-hydrogen) atoms. The normalized spacial score (nSPS) is 10.5. The fourth-order valence-electron chi connectivity index (χ4n) is 1.64. The number of para-hydroxylation sites is 1. The maximum atomic E-state index is 5.28. The molecule has 2 rings (SSSR count). The highest BCUT2D eigenvalue weighted by Gasteiger charge is 2.03. The Hall–Kier alpha value is -1.88. The van der Waals surface area contributed by atoms with E-state index in [0.717, 1.165) is 23.7 Å². The minimum Gasteiger partial charge on any atom is -0.496 e. The van der Waals surface area contributed by atoms with Crippen LogP contribution in [0.4, 0.5) is 0 Å². The largest absolute Gasteiger partial charge is 0.496 e. The molecule has 5 heteroatoms. The summed E-state index contributed by atoms with van der Waals surface area (Å²) in [5.74, 6) is 1.82. The molecular formula is C12H16N4O. The first-order valence-corrected chi connectivity index (χ1v) is 5.46. The topological polar surface area (TPSA) is 52.0 Å². The minimum atomic E-state index is 0.689. The Morgan fingerprint density at radius 2 is 2.12 bits per heavy atom.